The van der Waals surface area contributed by atoms with Crippen molar-refractivity contribution in [2.45, 2.75) is 65.5 Å². The van der Waals surface area contributed by atoms with Gasteiger partial charge in [0.1, 0.15) is 17.1 Å². The van der Waals surface area contributed by atoms with Crippen molar-refractivity contribution in [3.63, 3.8) is 0 Å². The van der Waals surface area contributed by atoms with Crippen molar-refractivity contribution in [2.75, 3.05) is 32.7 Å². The Bertz CT molecular complexity index is 589. The third-order valence-corrected chi connectivity index (χ3v) is 5.14. The SMILES string of the molecule is CCNC(=NCC(C)(O)c1cc(C)oc1C)NCC(CC)N1CCCC1. The van der Waals surface area contributed by atoms with E-state index in [0.29, 0.717) is 6.04 Å². The molecule has 2 atom stereocenters. The maximum Gasteiger partial charge on any atom is 0.191 e. The molecule has 2 rings (SSSR count). The minimum Gasteiger partial charge on any atom is -0.466 e. The second-order valence-electron chi connectivity index (χ2n) is 7.48. The zero-order chi connectivity index (χ0) is 19.2. The van der Waals surface area contributed by atoms with E-state index in [1.54, 1.807) is 6.92 Å². The van der Waals surface area contributed by atoms with E-state index in [-0.39, 0.29) is 6.54 Å². The van der Waals surface area contributed by atoms with Crippen LogP contribution in [-0.4, -0.2) is 54.7 Å². The van der Waals surface area contributed by atoms with Crippen LogP contribution in [-0.2, 0) is 5.60 Å². The Morgan fingerprint density at radius 1 is 1.31 bits per heavy atom. The van der Waals surface area contributed by atoms with Gasteiger partial charge in [0.05, 0.1) is 6.54 Å². The van der Waals surface area contributed by atoms with Gasteiger partial charge in [-0.15, -0.1) is 0 Å². The molecule has 0 spiro atoms. The van der Waals surface area contributed by atoms with Crippen LogP contribution in [0.15, 0.2) is 15.5 Å². The number of furan rings is 1. The second-order valence-corrected chi connectivity index (χ2v) is 7.48. The Morgan fingerprint density at radius 3 is 2.54 bits per heavy atom. The van der Waals surface area contributed by atoms with E-state index in [4.69, 9.17) is 4.42 Å². The maximum absolute atomic E-state index is 10.9. The summed E-state index contributed by atoms with van der Waals surface area (Å²) in [6.45, 7) is 14.2. The van der Waals surface area contributed by atoms with Gasteiger partial charge < -0.3 is 20.2 Å². The molecule has 0 aromatic carbocycles. The van der Waals surface area contributed by atoms with E-state index in [1.807, 2.05) is 19.9 Å². The quantitative estimate of drug-likeness (QED) is 0.488. The third kappa shape index (κ3) is 5.48. The third-order valence-electron chi connectivity index (χ3n) is 5.14. The average Bonchev–Trinajstić information content (AvgIpc) is 3.23. The number of aryl methyl sites for hydroxylation is 2. The van der Waals surface area contributed by atoms with Crippen LogP contribution >= 0.6 is 0 Å². The summed E-state index contributed by atoms with van der Waals surface area (Å²) in [7, 11) is 0. The molecule has 1 saturated heterocycles. The molecule has 0 aliphatic carbocycles. The lowest BCUT2D eigenvalue weighted by Crippen LogP contribution is -2.46. The molecule has 1 aromatic rings. The first kappa shape index (κ1) is 20.8. The van der Waals surface area contributed by atoms with Gasteiger partial charge in [-0.1, -0.05) is 6.92 Å². The lowest BCUT2D eigenvalue weighted by molar-refractivity contribution is 0.0657. The Labute approximate surface area is 158 Å². The minimum absolute atomic E-state index is 0.280. The standard InChI is InChI=1S/C20H36N4O2/c1-6-17(24-10-8-9-11-24)13-22-19(21-7-2)23-14-20(5,25)18-12-15(3)26-16(18)4/h12,17,25H,6-11,13-14H2,1-5H3,(H2,21,22,23). The maximum atomic E-state index is 10.9. The van der Waals surface area contributed by atoms with Crippen molar-refractivity contribution >= 4 is 5.96 Å². The summed E-state index contributed by atoms with van der Waals surface area (Å²) in [5, 5.41) is 17.6. The highest BCUT2D eigenvalue weighted by molar-refractivity contribution is 5.79. The summed E-state index contributed by atoms with van der Waals surface area (Å²) in [5.74, 6) is 2.31. The predicted molar refractivity (Wildman–Crippen MR) is 107 cm³/mol. The molecule has 0 bridgehead atoms. The number of hydrogen-bond donors (Lipinski definition) is 3. The number of aliphatic hydroxyl groups is 1. The first-order chi connectivity index (χ1) is 12.4. The highest BCUT2D eigenvalue weighted by Gasteiger charge is 2.28. The number of guanidine groups is 1. The summed E-state index contributed by atoms with van der Waals surface area (Å²) in [4.78, 5) is 7.19. The van der Waals surface area contributed by atoms with Gasteiger partial charge >= 0.3 is 0 Å². The van der Waals surface area contributed by atoms with E-state index in [2.05, 4.69) is 34.4 Å². The molecular weight excluding hydrogens is 328 g/mol. The fourth-order valence-electron chi connectivity index (χ4n) is 3.68. The van der Waals surface area contributed by atoms with Gasteiger partial charge in [0.2, 0.25) is 0 Å². The molecule has 1 aromatic heterocycles. The Balaban J connectivity index is 1.99. The topological polar surface area (TPSA) is 73.0 Å². The van der Waals surface area contributed by atoms with E-state index < -0.39 is 5.60 Å². The lowest BCUT2D eigenvalue weighted by atomic mass is 9.96. The highest BCUT2D eigenvalue weighted by Crippen LogP contribution is 2.27. The second kappa shape index (κ2) is 9.42. The van der Waals surface area contributed by atoms with Crippen molar-refractivity contribution in [3.05, 3.63) is 23.2 Å². The number of nitrogens with one attached hydrogen (secondary N) is 2. The van der Waals surface area contributed by atoms with Gasteiger partial charge in [-0.05, 0) is 66.1 Å². The first-order valence-electron chi connectivity index (χ1n) is 9.93. The number of likely N-dealkylation sites (tertiary alicyclic amines) is 1. The van der Waals surface area contributed by atoms with Gasteiger partial charge in [-0.2, -0.15) is 0 Å². The monoisotopic (exact) mass is 364 g/mol. The smallest absolute Gasteiger partial charge is 0.191 e. The molecule has 6 nitrogen and oxygen atoms in total. The molecule has 1 aliphatic heterocycles. The molecule has 148 valence electrons. The molecule has 0 amide bonds. The summed E-state index contributed by atoms with van der Waals surface area (Å²) >= 11 is 0. The van der Waals surface area contributed by atoms with Crippen LogP contribution in [0.1, 0.15) is 57.1 Å². The first-order valence-corrected chi connectivity index (χ1v) is 9.93. The van der Waals surface area contributed by atoms with Crippen molar-refractivity contribution in [2.24, 2.45) is 4.99 Å². The van der Waals surface area contributed by atoms with Gasteiger partial charge in [0.15, 0.2) is 5.96 Å². The molecule has 2 heterocycles. The van der Waals surface area contributed by atoms with Crippen LogP contribution in [0.3, 0.4) is 0 Å². The molecule has 3 N–H and O–H groups in total. The number of hydrogen-bond acceptors (Lipinski definition) is 4. The van der Waals surface area contributed by atoms with E-state index in [9.17, 15) is 5.11 Å². The van der Waals surface area contributed by atoms with Gasteiger partial charge in [-0.25, -0.2) is 4.99 Å². The van der Waals surface area contributed by atoms with Gasteiger partial charge in [0, 0.05) is 24.7 Å². The zero-order valence-corrected chi connectivity index (χ0v) is 17.1. The zero-order valence-electron chi connectivity index (χ0n) is 17.1. The predicted octanol–water partition coefficient (Wildman–Crippen LogP) is 2.53. The minimum atomic E-state index is -1.05. The molecule has 0 saturated carbocycles. The Kier molecular flexibility index (Phi) is 7.53. The molecule has 6 heteroatoms. The normalized spacial score (nSPS) is 19.4. The van der Waals surface area contributed by atoms with Crippen molar-refractivity contribution in [3.8, 4) is 0 Å². The number of rotatable bonds is 8. The summed E-state index contributed by atoms with van der Waals surface area (Å²) in [6, 6.07) is 2.42. The molecule has 1 aliphatic rings. The van der Waals surface area contributed by atoms with Gasteiger partial charge in [0.25, 0.3) is 0 Å². The largest absolute Gasteiger partial charge is 0.466 e. The van der Waals surface area contributed by atoms with Crippen molar-refractivity contribution in [1.29, 1.82) is 0 Å². The molecule has 26 heavy (non-hydrogen) atoms. The van der Waals surface area contributed by atoms with Gasteiger partial charge in [-0.3, -0.25) is 4.90 Å². The van der Waals surface area contributed by atoms with Crippen LogP contribution in [0.5, 0.6) is 0 Å². The Hall–Kier alpha value is -1.53. The van der Waals surface area contributed by atoms with Crippen molar-refractivity contribution < 1.29 is 9.52 Å². The van der Waals surface area contributed by atoms with Crippen LogP contribution in [0.4, 0.5) is 0 Å². The number of nitrogens with zero attached hydrogens (tertiary/aromatic N) is 2. The van der Waals surface area contributed by atoms with Crippen LogP contribution in [0.25, 0.3) is 0 Å². The van der Waals surface area contributed by atoms with Crippen LogP contribution < -0.4 is 10.6 Å². The molecule has 0 radical (unpaired) electrons. The molecule has 2 unspecified atom stereocenters. The lowest BCUT2D eigenvalue weighted by Gasteiger charge is -2.27. The van der Waals surface area contributed by atoms with E-state index >= 15 is 0 Å². The highest BCUT2D eigenvalue weighted by atomic mass is 16.3. The van der Waals surface area contributed by atoms with Crippen LogP contribution in [0.2, 0.25) is 0 Å². The van der Waals surface area contributed by atoms with Crippen LogP contribution in [0, 0.1) is 13.8 Å². The summed E-state index contributed by atoms with van der Waals surface area (Å²) in [6.07, 6.45) is 3.73. The summed E-state index contributed by atoms with van der Waals surface area (Å²) < 4.78 is 5.56. The average molecular weight is 365 g/mol. The fourth-order valence-corrected chi connectivity index (χ4v) is 3.68. The Morgan fingerprint density at radius 2 is 2.00 bits per heavy atom. The van der Waals surface area contributed by atoms with Crippen molar-refractivity contribution in [1.82, 2.24) is 15.5 Å². The molecule has 1 fully saturated rings. The van der Waals surface area contributed by atoms with E-state index in [0.717, 1.165) is 42.6 Å². The summed E-state index contributed by atoms with van der Waals surface area (Å²) in [5.41, 5.74) is -0.248. The number of aliphatic imine (C=N–C) groups is 1. The van der Waals surface area contributed by atoms with E-state index in [1.165, 1.54) is 25.9 Å². The molecular formula is C20H36N4O2. The fraction of sp³-hybridized carbons (Fsp3) is 0.750.